The second-order valence-corrected chi connectivity index (χ2v) is 6.14. The van der Waals surface area contributed by atoms with Gasteiger partial charge < -0.3 is 15.2 Å². The number of nitrogens with zero attached hydrogens (tertiary/aromatic N) is 2. The molecule has 2 aromatic rings. The van der Waals surface area contributed by atoms with E-state index in [0.717, 1.165) is 5.56 Å². The standard InChI is InChI=1S/C17H20N4O3/c1-20-9-14(15(22)19-17(20)24)16(23)21-8-12(7-18)13(10-21)11-5-3-2-4-6-11/h2-6,9,12-13H,7-8,10,18H2,1H3,(H,19,22,24)/t12-,13+/m1/s1. The molecule has 0 bridgehead atoms. The molecule has 0 spiro atoms. The van der Waals surface area contributed by atoms with Gasteiger partial charge in [-0.1, -0.05) is 30.3 Å². The van der Waals surface area contributed by atoms with Gasteiger partial charge in [0, 0.05) is 32.3 Å². The van der Waals surface area contributed by atoms with Gasteiger partial charge in [-0.15, -0.1) is 0 Å². The van der Waals surface area contributed by atoms with Crippen molar-refractivity contribution < 1.29 is 4.79 Å². The van der Waals surface area contributed by atoms with E-state index in [1.807, 2.05) is 30.3 Å². The molecular formula is C17H20N4O3. The summed E-state index contributed by atoms with van der Waals surface area (Å²) in [6, 6.07) is 9.93. The molecule has 2 heterocycles. The normalized spacial score (nSPS) is 20.3. The van der Waals surface area contributed by atoms with Crippen LogP contribution in [0.3, 0.4) is 0 Å². The zero-order valence-corrected chi connectivity index (χ0v) is 13.4. The molecule has 7 heteroatoms. The van der Waals surface area contributed by atoms with Crippen molar-refractivity contribution in [1.29, 1.82) is 0 Å². The minimum absolute atomic E-state index is 0.0263. The van der Waals surface area contributed by atoms with Crippen molar-refractivity contribution in [2.75, 3.05) is 19.6 Å². The largest absolute Gasteiger partial charge is 0.337 e. The van der Waals surface area contributed by atoms with Crippen molar-refractivity contribution in [2.45, 2.75) is 5.92 Å². The van der Waals surface area contributed by atoms with E-state index >= 15 is 0 Å². The Morgan fingerprint density at radius 1 is 1.25 bits per heavy atom. The number of aromatic nitrogens is 2. The molecule has 3 rings (SSSR count). The summed E-state index contributed by atoms with van der Waals surface area (Å²) in [5.41, 5.74) is 5.80. The lowest BCUT2D eigenvalue weighted by molar-refractivity contribution is 0.0783. The summed E-state index contributed by atoms with van der Waals surface area (Å²) < 4.78 is 1.19. The molecule has 0 saturated carbocycles. The molecule has 1 aromatic carbocycles. The number of carbonyl (C=O) groups excluding carboxylic acids is 1. The predicted octanol–water partition coefficient (Wildman–Crippen LogP) is -0.112. The molecule has 0 radical (unpaired) electrons. The number of aromatic amines is 1. The molecular weight excluding hydrogens is 308 g/mol. The number of hydrogen-bond donors (Lipinski definition) is 2. The number of likely N-dealkylation sites (tertiary alicyclic amines) is 1. The van der Waals surface area contributed by atoms with Gasteiger partial charge in [0.25, 0.3) is 11.5 Å². The van der Waals surface area contributed by atoms with E-state index in [0.29, 0.717) is 19.6 Å². The van der Waals surface area contributed by atoms with E-state index in [2.05, 4.69) is 4.98 Å². The second-order valence-electron chi connectivity index (χ2n) is 6.14. The van der Waals surface area contributed by atoms with E-state index in [4.69, 9.17) is 5.73 Å². The van der Waals surface area contributed by atoms with Gasteiger partial charge in [-0.05, 0) is 18.0 Å². The molecule has 24 heavy (non-hydrogen) atoms. The van der Waals surface area contributed by atoms with Gasteiger partial charge in [0.2, 0.25) is 0 Å². The van der Waals surface area contributed by atoms with Crippen LogP contribution in [0.25, 0.3) is 0 Å². The highest BCUT2D eigenvalue weighted by Crippen LogP contribution is 2.32. The molecule has 0 unspecified atom stereocenters. The van der Waals surface area contributed by atoms with Gasteiger partial charge in [0.1, 0.15) is 5.56 Å². The summed E-state index contributed by atoms with van der Waals surface area (Å²) in [5, 5.41) is 0. The van der Waals surface area contributed by atoms with Crippen LogP contribution in [0.5, 0.6) is 0 Å². The van der Waals surface area contributed by atoms with E-state index < -0.39 is 11.2 Å². The Labute approximate surface area is 138 Å². The Kier molecular flexibility index (Phi) is 4.35. The van der Waals surface area contributed by atoms with Gasteiger partial charge in [-0.2, -0.15) is 0 Å². The van der Waals surface area contributed by atoms with Gasteiger partial charge in [0.05, 0.1) is 0 Å². The Bertz CT molecular complexity index is 856. The van der Waals surface area contributed by atoms with Crippen LogP contribution in [0.2, 0.25) is 0 Å². The lowest BCUT2D eigenvalue weighted by atomic mass is 9.89. The fourth-order valence-corrected chi connectivity index (χ4v) is 3.24. The first-order valence-corrected chi connectivity index (χ1v) is 7.85. The van der Waals surface area contributed by atoms with Gasteiger partial charge in [-0.3, -0.25) is 14.6 Å². The number of H-pyrrole nitrogens is 1. The molecule has 0 aliphatic carbocycles. The predicted molar refractivity (Wildman–Crippen MR) is 89.9 cm³/mol. The highest BCUT2D eigenvalue weighted by molar-refractivity contribution is 5.93. The number of carbonyl (C=O) groups is 1. The SMILES string of the molecule is Cn1cc(C(=O)N2C[C@@H](CN)[C@H](c3ccccc3)C2)c(=O)[nH]c1=O. The third kappa shape index (κ3) is 2.90. The minimum atomic E-state index is -0.657. The van der Waals surface area contributed by atoms with E-state index in [9.17, 15) is 14.4 Å². The quantitative estimate of drug-likeness (QED) is 0.821. The third-order valence-electron chi connectivity index (χ3n) is 4.60. The van der Waals surface area contributed by atoms with Crippen molar-refractivity contribution in [3.8, 4) is 0 Å². The Morgan fingerprint density at radius 3 is 2.62 bits per heavy atom. The molecule has 1 amide bonds. The summed E-state index contributed by atoms with van der Waals surface area (Å²) in [7, 11) is 1.49. The first-order chi connectivity index (χ1) is 11.5. The van der Waals surface area contributed by atoms with Crippen LogP contribution in [0.4, 0.5) is 0 Å². The molecule has 1 fully saturated rings. The molecule has 126 valence electrons. The summed E-state index contributed by atoms with van der Waals surface area (Å²) >= 11 is 0. The number of hydrogen-bond acceptors (Lipinski definition) is 4. The van der Waals surface area contributed by atoms with Gasteiger partial charge in [-0.25, -0.2) is 4.79 Å². The van der Waals surface area contributed by atoms with Crippen molar-refractivity contribution in [1.82, 2.24) is 14.5 Å². The molecule has 3 N–H and O–H groups in total. The number of nitrogens with two attached hydrogens (primary N) is 1. The first kappa shape index (κ1) is 16.2. The lowest BCUT2D eigenvalue weighted by Crippen LogP contribution is -2.38. The number of nitrogens with one attached hydrogen (secondary N) is 1. The highest BCUT2D eigenvalue weighted by atomic mass is 16.2. The smallest absolute Gasteiger partial charge is 0.328 e. The van der Waals surface area contributed by atoms with Crippen LogP contribution in [0.15, 0.2) is 46.1 Å². The Morgan fingerprint density at radius 2 is 1.96 bits per heavy atom. The maximum atomic E-state index is 12.7. The van der Waals surface area contributed by atoms with Crippen LogP contribution >= 0.6 is 0 Å². The van der Waals surface area contributed by atoms with Gasteiger partial charge in [0.15, 0.2) is 0 Å². The topological polar surface area (TPSA) is 101 Å². The molecule has 2 atom stereocenters. The van der Waals surface area contributed by atoms with Crippen LogP contribution < -0.4 is 17.0 Å². The van der Waals surface area contributed by atoms with Crippen LogP contribution in [0, 0.1) is 5.92 Å². The minimum Gasteiger partial charge on any atom is -0.337 e. The van der Waals surface area contributed by atoms with Crippen molar-refractivity contribution in [3.05, 3.63) is 68.5 Å². The summed E-state index contributed by atoms with van der Waals surface area (Å²) in [6.45, 7) is 1.47. The maximum absolute atomic E-state index is 12.7. The monoisotopic (exact) mass is 328 g/mol. The summed E-state index contributed by atoms with van der Waals surface area (Å²) in [6.07, 6.45) is 1.29. The van der Waals surface area contributed by atoms with Crippen molar-refractivity contribution in [3.63, 3.8) is 0 Å². The summed E-state index contributed by atoms with van der Waals surface area (Å²) in [5.74, 6) is -0.0848. The zero-order valence-electron chi connectivity index (χ0n) is 13.4. The molecule has 7 nitrogen and oxygen atoms in total. The zero-order chi connectivity index (χ0) is 17.3. The number of amides is 1. The Hall–Kier alpha value is -2.67. The highest BCUT2D eigenvalue weighted by Gasteiger charge is 2.36. The number of benzene rings is 1. The van der Waals surface area contributed by atoms with E-state index in [-0.39, 0.29) is 23.3 Å². The average Bonchev–Trinajstić information content (AvgIpc) is 3.02. The maximum Gasteiger partial charge on any atom is 0.328 e. The van der Waals surface area contributed by atoms with Crippen LogP contribution in [0.1, 0.15) is 21.8 Å². The molecule has 1 aliphatic heterocycles. The third-order valence-corrected chi connectivity index (χ3v) is 4.60. The van der Waals surface area contributed by atoms with E-state index in [1.165, 1.54) is 17.8 Å². The number of rotatable bonds is 3. The van der Waals surface area contributed by atoms with Crippen molar-refractivity contribution in [2.24, 2.45) is 18.7 Å². The lowest BCUT2D eigenvalue weighted by Gasteiger charge is -2.16. The summed E-state index contributed by atoms with van der Waals surface area (Å²) in [4.78, 5) is 39.9. The molecule has 1 aliphatic rings. The average molecular weight is 328 g/mol. The van der Waals surface area contributed by atoms with Crippen LogP contribution in [-0.2, 0) is 7.05 Å². The Balaban J connectivity index is 1.89. The fourth-order valence-electron chi connectivity index (χ4n) is 3.24. The first-order valence-electron chi connectivity index (χ1n) is 7.85. The number of aryl methyl sites for hydroxylation is 1. The van der Waals surface area contributed by atoms with Crippen LogP contribution in [-0.4, -0.2) is 40.0 Å². The second kappa shape index (κ2) is 6.45. The van der Waals surface area contributed by atoms with Crippen molar-refractivity contribution >= 4 is 5.91 Å². The van der Waals surface area contributed by atoms with Gasteiger partial charge >= 0.3 is 5.69 Å². The molecule has 1 saturated heterocycles. The molecule has 1 aromatic heterocycles. The van der Waals surface area contributed by atoms with E-state index in [1.54, 1.807) is 4.90 Å². The fraction of sp³-hybridized carbons (Fsp3) is 0.353.